The number of non-ortho nitro benzene ring substituents is 1. The van der Waals surface area contributed by atoms with Crippen LogP contribution in [0.25, 0.3) is 11.4 Å². The van der Waals surface area contributed by atoms with Crippen molar-refractivity contribution in [3.05, 3.63) is 64.5 Å². The molecule has 2 aromatic heterocycles. The number of thioether (sulfide) groups is 1. The van der Waals surface area contributed by atoms with Crippen molar-refractivity contribution in [2.45, 2.75) is 5.16 Å². The highest BCUT2D eigenvalue weighted by Gasteiger charge is 2.15. The lowest BCUT2D eigenvalue weighted by atomic mass is 10.2. The van der Waals surface area contributed by atoms with Gasteiger partial charge in [0.05, 0.1) is 16.9 Å². The number of nitro benzene ring substituents is 1. The van der Waals surface area contributed by atoms with E-state index in [9.17, 15) is 14.9 Å². The summed E-state index contributed by atoms with van der Waals surface area (Å²) in [4.78, 5) is 26.3. The first-order valence-electron chi connectivity index (χ1n) is 8.03. The smallest absolute Gasteiger partial charge is 0.270 e. The predicted octanol–water partition coefficient (Wildman–Crippen LogP) is 2.03. The Bertz CT molecular complexity index is 1020. The van der Waals surface area contributed by atoms with E-state index in [4.69, 9.17) is 0 Å². The fourth-order valence-electron chi connectivity index (χ4n) is 2.24. The molecule has 142 valence electrons. The highest BCUT2D eigenvalue weighted by molar-refractivity contribution is 7.99. The molecule has 0 aliphatic carbocycles. The van der Waals surface area contributed by atoms with E-state index in [1.54, 1.807) is 42.2 Å². The quantitative estimate of drug-likeness (QED) is 0.279. The first-order chi connectivity index (χ1) is 13.5. The van der Waals surface area contributed by atoms with Gasteiger partial charge in [0.1, 0.15) is 0 Å². The monoisotopic (exact) mass is 397 g/mol. The predicted molar refractivity (Wildman–Crippen MR) is 104 cm³/mol. The van der Waals surface area contributed by atoms with E-state index >= 15 is 0 Å². The van der Waals surface area contributed by atoms with Gasteiger partial charge in [-0.25, -0.2) is 5.43 Å². The molecule has 3 rings (SSSR count). The maximum atomic E-state index is 11.9. The van der Waals surface area contributed by atoms with Gasteiger partial charge in [0, 0.05) is 42.7 Å². The van der Waals surface area contributed by atoms with Gasteiger partial charge in [-0.05, 0) is 6.07 Å². The van der Waals surface area contributed by atoms with Crippen LogP contribution in [-0.4, -0.2) is 42.5 Å². The second-order valence-corrected chi connectivity index (χ2v) is 6.48. The number of nitrogens with one attached hydrogen (secondary N) is 1. The molecule has 0 aliphatic heterocycles. The summed E-state index contributed by atoms with van der Waals surface area (Å²) in [5, 5.41) is 23.4. The Balaban J connectivity index is 1.60. The second kappa shape index (κ2) is 8.86. The number of carbonyl (C=O) groups is 1. The molecule has 28 heavy (non-hydrogen) atoms. The number of hydrogen-bond donors (Lipinski definition) is 1. The van der Waals surface area contributed by atoms with Gasteiger partial charge in [0.15, 0.2) is 11.0 Å². The van der Waals surface area contributed by atoms with E-state index in [1.165, 1.54) is 30.1 Å². The number of hydrogen-bond acceptors (Lipinski definition) is 8. The zero-order valence-corrected chi connectivity index (χ0v) is 15.5. The number of hydrazone groups is 1. The number of nitrogens with zero attached hydrogens (tertiary/aromatic N) is 6. The minimum Gasteiger partial charge on any atom is -0.305 e. The maximum absolute atomic E-state index is 11.9. The van der Waals surface area contributed by atoms with E-state index in [1.807, 2.05) is 6.07 Å². The van der Waals surface area contributed by atoms with Gasteiger partial charge in [-0.2, -0.15) is 5.10 Å². The van der Waals surface area contributed by atoms with E-state index < -0.39 is 4.92 Å². The summed E-state index contributed by atoms with van der Waals surface area (Å²) in [7, 11) is 1.73. The van der Waals surface area contributed by atoms with Crippen molar-refractivity contribution in [2.24, 2.45) is 12.1 Å². The third-order valence-electron chi connectivity index (χ3n) is 3.57. The van der Waals surface area contributed by atoms with Crippen LogP contribution in [0.3, 0.4) is 0 Å². The molecule has 0 saturated carbocycles. The molecule has 0 fully saturated rings. The Morgan fingerprint density at radius 3 is 2.96 bits per heavy atom. The van der Waals surface area contributed by atoms with Crippen LogP contribution in [0.15, 0.2) is 59.0 Å². The Labute approximate surface area is 163 Å². The maximum Gasteiger partial charge on any atom is 0.270 e. The van der Waals surface area contributed by atoms with Crippen LogP contribution in [0.5, 0.6) is 0 Å². The number of aromatic nitrogens is 4. The summed E-state index contributed by atoms with van der Waals surface area (Å²) in [5.74, 6) is 0.261. The molecule has 10 nitrogen and oxygen atoms in total. The highest BCUT2D eigenvalue weighted by Crippen LogP contribution is 2.25. The Hall–Kier alpha value is -3.60. The minimum absolute atomic E-state index is 0.0273. The molecule has 0 radical (unpaired) electrons. The summed E-state index contributed by atoms with van der Waals surface area (Å²) in [6, 6.07) is 9.72. The van der Waals surface area contributed by atoms with Gasteiger partial charge >= 0.3 is 0 Å². The van der Waals surface area contributed by atoms with Crippen LogP contribution in [0.4, 0.5) is 5.69 Å². The average Bonchev–Trinajstić information content (AvgIpc) is 3.08. The number of rotatable bonds is 7. The Morgan fingerprint density at radius 2 is 2.21 bits per heavy atom. The minimum atomic E-state index is -0.466. The zero-order chi connectivity index (χ0) is 19.9. The van der Waals surface area contributed by atoms with Crippen molar-refractivity contribution in [3.8, 4) is 11.4 Å². The lowest BCUT2D eigenvalue weighted by Crippen LogP contribution is -2.19. The highest BCUT2D eigenvalue weighted by atomic mass is 32.2. The normalized spacial score (nSPS) is 10.9. The molecular formula is C17H15N7O3S. The van der Waals surface area contributed by atoms with Crippen molar-refractivity contribution in [1.29, 1.82) is 0 Å². The average molecular weight is 397 g/mol. The number of pyridine rings is 1. The SMILES string of the molecule is Cn1c(SCC(=O)NN=Cc2cccnc2)nnc1-c1cccc([N+](=O)[O-])c1. The Kier molecular flexibility index (Phi) is 6.07. The van der Waals surface area contributed by atoms with Gasteiger partial charge in [-0.1, -0.05) is 30.0 Å². The van der Waals surface area contributed by atoms with E-state index in [-0.39, 0.29) is 17.3 Å². The number of benzene rings is 1. The molecule has 1 N–H and O–H groups in total. The molecule has 0 unspecified atom stereocenters. The molecule has 1 aromatic carbocycles. The van der Waals surface area contributed by atoms with Crippen molar-refractivity contribution in [1.82, 2.24) is 25.2 Å². The molecule has 0 spiro atoms. The van der Waals surface area contributed by atoms with Crippen molar-refractivity contribution in [2.75, 3.05) is 5.75 Å². The van der Waals surface area contributed by atoms with Gasteiger partial charge in [0.25, 0.3) is 11.6 Å². The lowest BCUT2D eigenvalue weighted by molar-refractivity contribution is -0.384. The number of nitro groups is 1. The topological polar surface area (TPSA) is 128 Å². The molecule has 0 saturated heterocycles. The van der Waals surface area contributed by atoms with E-state index in [0.29, 0.717) is 16.5 Å². The fourth-order valence-corrected chi connectivity index (χ4v) is 2.95. The van der Waals surface area contributed by atoms with Crippen molar-refractivity contribution >= 4 is 29.6 Å². The first kappa shape index (κ1) is 19.2. The fraction of sp³-hybridized carbons (Fsp3) is 0.118. The van der Waals surface area contributed by atoms with Gasteiger partial charge in [0.2, 0.25) is 0 Å². The zero-order valence-electron chi connectivity index (χ0n) is 14.7. The lowest BCUT2D eigenvalue weighted by Gasteiger charge is -2.03. The second-order valence-electron chi connectivity index (χ2n) is 5.54. The van der Waals surface area contributed by atoms with Crippen LogP contribution in [-0.2, 0) is 11.8 Å². The van der Waals surface area contributed by atoms with Crippen LogP contribution in [0, 0.1) is 10.1 Å². The molecule has 1 amide bonds. The molecule has 2 heterocycles. The van der Waals surface area contributed by atoms with Crippen LogP contribution in [0.1, 0.15) is 5.56 Å². The molecule has 0 aliphatic rings. The van der Waals surface area contributed by atoms with Crippen LogP contribution in [0.2, 0.25) is 0 Å². The Morgan fingerprint density at radius 1 is 1.36 bits per heavy atom. The van der Waals surface area contributed by atoms with Crippen LogP contribution >= 0.6 is 11.8 Å². The van der Waals surface area contributed by atoms with E-state index in [2.05, 4.69) is 25.7 Å². The number of amides is 1. The largest absolute Gasteiger partial charge is 0.305 e. The summed E-state index contributed by atoms with van der Waals surface area (Å²) >= 11 is 1.18. The molecule has 0 bridgehead atoms. The van der Waals surface area contributed by atoms with Crippen LogP contribution < -0.4 is 5.43 Å². The molecule has 3 aromatic rings. The molecule has 11 heteroatoms. The molecule has 0 atom stereocenters. The third-order valence-corrected chi connectivity index (χ3v) is 4.59. The van der Waals surface area contributed by atoms with Crippen molar-refractivity contribution < 1.29 is 9.72 Å². The van der Waals surface area contributed by atoms with Gasteiger partial charge < -0.3 is 4.57 Å². The summed E-state index contributed by atoms with van der Waals surface area (Å²) in [6.07, 6.45) is 4.77. The molecular weight excluding hydrogens is 382 g/mol. The number of carbonyl (C=O) groups excluding carboxylic acids is 1. The third kappa shape index (κ3) is 4.76. The summed E-state index contributed by atoms with van der Waals surface area (Å²) in [6.45, 7) is 0. The van der Waals surface area contributed by atoms with E-state index in [0.717, 1.165) is 5.56 Å². The van der Waals surface area contributed by atoms with Crippen molar-refractivity contribution in [3.63, 3.8) is 0 Å². The summed E-state index contributed by atoms with van der Waals surface area (Å²) in [5.41, 5.74) is 3.74. The standard InChI is InChI=1S/C17H15N7O3S/c1-23-16(13-5-2-6-14(8-13)24(26)27)21-22-17(23)28-11-15(25)20-19-10-12-4-3-7-18-9-12/h2-10H,11H2,1H3,(H,20,25). The summed E-state index contributed by atoms with van der Waals surface area (Å²) < 4.78 is 1.68. The van der Waals surface area contributed by atoms with Gasteiger partial charge in [-0.3, -0.25) is 19.9 Å². The van der Waals surface area contributed by atoms with Gasteiger partial charge in [-0.15, -0.1) is 10.2 Å². The first-order valence-corrected chi connectivity index (χ1v) is 9.02.